The van der Waals surface area contributed by atoms with Crippen LogP contribution in [0.15, 0.2) is 51.8 Å². The largest absolute Gasteiger partial charge is 0.322 e. The van der Waals surface area contributed by atoms with Gasteiger partial charge in [0.25, 0.3) is 5.91 Å². The summed E-state index contributed by atoms with van der Waals surface area (Å²) in [5.74, 6) is -0.396. The van der Waals surface area contributed by atoms with E-state index in [0.29, 0.717) is 28.3 Å². The summed E-state index contributed by atoms with van der Waals surface area (Å²) in [5, 5.41) is 3.31. The lowest BCUT2D eigenvalue weighted by Crippen LogP contribution is -2.28. The van der Waals surface area contributed by atoms with Gasteiger partial charge >= 0.3 is 0 Å². The fourth-order valence-corrected chi connectivity index (χ4v) is 4.74. The Bertz CT molecular complexity index is 895. The molecule has 3 rings (SSSR count). The summed E-state index contributed by atoms with van der Waals surface area (Å²) in [7, 11) is -3.57. The van der Waals surface area contributed by atoms with E-state index >= 15 is 0 Å². The van der Waals surface area contributed by atoms with Crippen LogP contribution in [0.25, 0.3) is 0 Å². The second kappa shape index (κ2) is 7.45. The molecule has 0 bridgehead atoms. The Morgan fingerprint density at radius 3 is 2.36 bits per heavy atom. The molecular formula is C17H16BrClN2O3S. The van der Waals surface area contributed by atoms with Crippen molar-refractivity contribution >= 4 is 49.1 Å². The molecule has 2 aromatic carbocycles. The highest BCUT2D eigenvalue weighted by molar-refractivity contribution is 9.10. The van der Waals surface area contributed by atoms with E-state index in [1.54, 1.807) is 30.3 Å². The van der Waals surface area contributed by atoms with E-state index < -0.39 is 15.9 Å². The van der Waals surface area contributed by atoms with Crippen LogP contribution >= 0.6 is 27.5 Å². The maximum absolute atomic E-state index is 12.7. The number of hydrogen-bond acceptors (Lipinski definition) is 3. The molecule has 0 spiro atoms. The topological polar surface area (TPSA) is 66.5 Å². The van der Waals surface area contributed by atoms with Crippen molar-refractivity contribution in [3.8, 4) is 0 Å². The first-order chi connectivity index (χ1) is 11.9. The highest BCUT2D eigenvalue weighted by Crippen LogP contribution is 2.26. The number of carbonyl (C=O) groups excluding carboxylic acids is 1. The minimum atomic E-state index is -3.57. The van der Waals surface area contributed by atoms with Gasteiger partial charge in [0.1, 0.15) is 0 Å². The van der Waals surface area contributed by atoms with E-state index in [0.717, 1.165) is 12.8 Å². The van der Waals surface area contributed by atoms with Crippen molar-refractivity contribution < 1.29 is 13.2 Å². The molecule has 25 heavy (non-hydrogen) atoms. The van der Waals surface area contributed by atoms with E-state index in [2.05, 4.69) is 21.2 Å². The number of anilines is 1. The second-order valence-electron chi connectivity index (χ2n) is 5.71. The number of rotatable bonds is 4. The molecule has 0 aliphatic carbocycles. The maximum Gasteiger partial charge on any atom is 0.256 e. The zero-order valence-electron chi connectivity index (χ0n) is 13.2. The van der Waals surface area contributed by atoms with Crippen molar-refractivity contribution in [1.82, 2.24) is 4.31 Å². The quantitative estimate of drug-likeness (QED) is 0.772. The van der Waals surface area contributed by atoms with E-state index in [-0.39, 0.29) is 10.5 Å². The molecule has 1 aliphatic rings. The van der Waals surface area contributed by atoms with Crippen LogP contribution in [-0.4, -0.2) is 31.7 Å². The molecule has 2 aromatic rings. The van der Waals surface area contributed by atoms with Gasteiger partial charge in [0.15, 0.2) is 0 Å². The van der Waals surface area contributed by atoms with E-state index in [1.165, 1.54) is 16.4 Å². The first-order valence-electron chi connectivity index (χ1n) is 7.74. The monoisotopic (exact) mass is 442 g/mol. The third-order valence-corrected chi connectivity index (χ3v) is 6.83. The molecule has 1 amide bonds. The number of sulfonamides is 1. The van der Waals surface area contributed by atoms with E-state index in [1.807, 2.05) is 0 Å². The van der Waals surface area contributed by atoms with E-state index in [9.17, 15) is 13.2 Å². The van der Waals surface area contributed by atoms with Crippen LogP contribution in [0.5, 0.6) is 0 Å². The van der Waals surface area contributed by atoms with Gasteiger partial charge in [-0.15, -0.1) is 0 Å². The second-order valence-corrected chi connectivity index (χ2v) is 8.94. The molecule has 0 aromatic heterocycles. The van der Waals surface area contributed by atoms with Crippen LogP contribution in [0.3, 0.4) is 0 Å². The van der Waals surface area contributed by atoms with Crippen molar-refractivity contribution in [2.24, 2.45) is 0 Å². The van der Waals surface area contributed by atoms with Gasteiger partial charge < -0.3 is 5.32 Å². The molecule has 0 radical (unpaired) electrons. The van der Waals surface area contributed by atoms with Crippen molar-refractivity contribution in [3.05, 3.63) is 57.5 Å². The van der Waals surface area contributed by atoms with Crippen LogP contribution < -0.4 is 5.32 Å². The Kier molecular flexibility index (Phi) is 5.48. The molecule has 1 aliphatic heterocycles. The zero-order chi connectivity index (χ0) is 18.0. The fourth-order valence-electron chi connectivity index (χ4n) is 2.65. The summed E-state index contributed by atoms with van der Waals surface area (Å²) >= 11 is 9.15. The lowest BCUT2D eigenvalue weighted by Gasteiger charge is -2.16. The molecule has 0 saturated carbocycles. The molecule has 0 unspecified atom stereocenters. The smallest absolute Gasteiger partial charge is 0.256 e. The summed E-state index contributed by atoms with van der Waals surface area (Å²) in [4.78, 5) is 12.7. The van der Waals surface area contributed by atoms with Gasteiger partial charge in [-0.05, 0) is 71.2 Å². The van der Waals surface area contributed by atoms with Crippen LogP contribution in [0.2, 0.25) is 5.02 Å². The minimum Gasteiger partial charge on any atom is -0.322 e. The van der Waals surface area contributed by atoms with Gasteiger partial charge in [0, 0.05) is 28.3 Å². The van der Waals surface area contributed by atoms with Gasteiger partial charge in [0.2, 0.25) is 10.0 Å². The molecule has 132 valence electrons. The maximum atomic E-state index is 12.7. The van der Waals surface area contributed by atoms with Gasteiger partial charge in [-0.2, -0.15) is 4.31 Å². The Morgan fingerprint density at radius 2 is 1.72 bits per heavy atom. The number of benzene rings is 2. The number of hydrogen-bond donors (Lipinski definition) is 1. The average Bonchev–Trinajstić information content (AvgIpc) is 3.12. The van der Waals surface area contributed by atoms with Crippen LogP contribution in [-0.2, 0) is 10.0 Å². The standard InChI is InChI=1S/C17H16BrClN2O3S/c18-16-8-7-14(25(23,24)21-9-1-2-10-21)11-15(16)17(22)20-13-5-3-12(19)4-6-13/h3-8,11H,1-2,9-10H2,(H,20,22). The molecule has 5 nitrogen and oxygen atoms in total. The molecule has 1 fully saturated rings. The summed E-state index contributed by atoms with van der Waals surface area (Å²) in [6, 6.07) is 11.2. The van der Waals surface area contributed by atoms with Crippen molar-refractivity contribution in [1.29, 1.82) is 0 Å². The molecule has 8 heteroatoms. The SMILES string of the molecule is O=C(Nc1ccc(Cl)cc1)c1cc(S(=O)(=O)N2CCCC2)ccc1Br. The summed E-state index contributed by atoms with van der Waals surface area (Å²) in [6.45, 7) is 1.04. The number of carbonyl (C=O) groups is 1. The average molecular weight is 444 g/mol. The predicted molar refractivity (Wildman–Crippen MR) is 102 cm³/mol. The first-order valence-corrected chi connectivity index (χ1v) is 10.4. The third-order valence-electron chi connectivity index (χ3n) is 3.99. The fraction of sp³-hybridized carbons (Fsp3) is 0.235. The highest BCUT2D eigenvalue weighted by atomic mass is 79.9. The molecule has 1 N–H and O–H groups in total. The summed E-state index contributed by atoms with van der Waals surface area (Å²) in [6.07, 6.45) is 1.72. The molecular weight excluding hydrogens is 428 g/mol. The minimum absolute atomic E-state index is 0.124. The first kappa shape index (κ1) is 18.4. The molecule has 0 atom stereocenters. The Labute approximate surface area is 160 Å². The van der Waals surface area contributed by atoms with Crippen LogP contribution in [0.4, 0.5) is 5.69 Å². The lowest BCUT2D eigenvalue weighted by molar-refractivity contribution is 0.102. The van der Waals surface area contributed by atoms with Gasteiger partial charge in [-0.3, -0.25) is 4.79 Å². The highest BCUT2D eigenvalue weighted by Gasteiger charge is 2.28. The third kappa shape index (κ3) is 4.06. The van der Waals surface area contributed by atoms with Gasteiger partial charge in [0.05, 0.1) is 10.5 Å². The summed E-state index contributed by atoms with van der Waals surface area (Å²) < 4.78 is 27.3. The lowest BCUT2D eigenvalue weighted by atomic mass is 10.2. The number of nitrogens with zero attached hydrogens (tertiary/aromatic N) is 1. The Hall–Kier alpha value is -1.41. The normalized spacial score (nSPS) is 15.3. The zero-order valence-corrected chi connectivity index (χ0v) is 16.4. The number of amides is 1. The Morgan fingerprint density at radius 1 is 1.08 bits per heavy atom. The van der Waals surface area contributed by atoms with Crippen molar-refractivity contribution in [3.63, 3.8) is 0 Å². The number of halogens is 2. The van der Waals surface area contributed by atoms with Gasteiger partial charge in [-0.1, -0.05) is 11.6 Å². The van der Waals surface area contributed by atoms with Gasteiger partial charge in [-0.25, -0.2) is 8.42 Å². The molecule has 1 saturated heterocycles. The predicted octanol–water partition coefficient (Wildman–Crippen LogP) is 4.14. The van der Waals surface area contributed by atoms with Crippen molar-refractivity contribution in [2.75, 3.05) is 18.4 Å². The van der Waals surface area contributed by atoms with E-state index in [4.69, 9.17) is 11.6 Å². The van der Waals surface area contributed by atoms with Crippen LogP contribution in [0.1, 0.15) is 23.2 Å². The van der Waals surface area contributed by atoms with Crippen LogP contribution in [0, 0.1) is 0 Å². The number of nitrogens with one attached hydrogen (secondary N) is 1. The molecule has 1 heterocycles. The van der Waals surface area contributed by atoms with Crippen molar-refractivity contribution in [2.45, 2.75) is 17.7 Å². The summed E-state index contributed by atoms with van der Waals surface area (Å²) in [5.41, 5.74) is 0.837. The Balaban J connectivity index is 1.88.